The number of hydrogen-bond donors (Lipinski definition) is 2. The van der Waals surface area contributed by atoms with Gasteiger partial charge in [0.05, 0.1) is 19.3 Å². The van der Waals surface area contributed by atoms with Gasteiger partial charge in [-0.3, -0.25) is 4.99 Å². The van der Waals surface area contributed by atoms with Crippen LogP contribution in [-0.2, 0) is 4.74 Å². The summed E-state index contributed by atoms with van der Waals surface area (Å²) in [4.78, 5) is 6.63. The van der Waals surface area contributed by atoms with Crippen LogP contribution in [0.2, 0.25) is 0 Å². The van der Waals surface area contributed by atoms with Crippen LogP contribution in [0.15, 0.2) is 29.3 Å². The maximum absolute atomic E-state index is 5.95. The van der Waals surface area contributed by atoms with E-state index in [1.54, 1.807) is 0 Å². The zero-order chi connectivity index (χ0) is 15.2. The number of anilines is 1. The van der Waals surface area contributed by atoms with Crippen molar-refractivity contribution >= 4 is 11.6 Å². The SMILES string of the molecule is CC(C)c1cccc(NC(N)=NCC2CN(C)CCO2)c1. The fourth-order valence-electron chi connectivity index (χ4n) is 2.34. The molecule has 3 N–H and O–H groups in total. The minimum atomic E-state index is 0.131. The zero-order valence-electron chi connectivity index (χ0n) is 13.2. The Morgan fingerprint density at radius 2 is 2.33 bits per heavy atom. The van der Waals surface area contributed by atoms with E-state index in [0.717, 1.165) is 25.4 Å². The van der Waals surface area contributed by atoms with Crippen LogP contribution < -0.4 is 11.1 Å². The number of nitrogens with two attached hydrogens (primary N) is 1. The summed E-state index contributed by atoms with van der Waals surface area (Å²) in [5.41, 5.74) is 8.21. The van der Waals surface area contributed by atoms with Crippen LogP contribution in [0.25, 0.3) is 0 Å². The van der Waals surface area contributed by atoms with Gasteiger partial charge in [-0.1, -0.05) is 26.0 Å². The smallest absolute Gasteiger partial charge is 0.193 e. The number of ether oxygens (including phenoxy) is 1. The van der Waals surface area contributed by atoms with Gasteiger partial charge < -0.3 is 20.7 Å². The van der Waals surface area contributed by atoms with Gasteiger partial charge in [-0.25, -0.2) is 0 Å². The molecule has 1 aliphatic rings. The molecule has 0 aliphatic carbocycles. The van der Waals surface area contributed by atoms with Crippen LogP contribution in [0.3, 0.4) is 0 Å². The van der Waals surface area contributed by atoms with Crippen molar-refractivity contribution in [3.63, 3.8) is 0 Å². The number of likely N-dealkylation sites (N-methyl/N-ethyl adjacent to an activating group) is 1. The molecule has 0 aromatic heterocycles. The molecule has 21 heavy (non-hydrogen) atoms. The Kier molecular flexibility index (Phi) is 5.59. The molecule has 1 unspecified atom stereocenters. The Bertz CT molecular complexity index is 487. The molecule has 1 aromatic carbocycles. The lowest BCUT2D eigenvalue weighted by Crippen LogP contribution is -2.41. The van der Waals surface area contributed by atoms with E-state index in [-0.39, 0.29) is 6.10 Å². The quantitative estimate of drug-likeness (QED) is 0.656. The lowest BCUT2D eigenvalue weighted by Gasteiger charge is -2.29. The molecular formula is C16H26N4O. The predicted molar refractivity (Wildman–Crippen MR) is 87.9 cm³/mol. The molecule has 116 valence electrons. The summed E-state index contributed by atoms with van der Waals surface area (Å²) in [6, 6.07) is 8.26. The molecular weight excluding hydrogens is 264 g/mol. The van der Waals surface area contributed by atoms with Crippen LogP contribution >= 0.6 is 0 Å². The van der Waals surface area contributed by atoms with Gasteiger partial charge in [0.1, 0.15) is 0 Å². The van der Waals surface area contributed by atoms with E-state index in [9.17, 15) is 0 Å². The molecule has 0 saturated carbocycles. The number of guanidine groups is 1. The highest BCUT2D eigenvalue weighted by Gasteiger charge is 2.16. The van der Waals surface area contributed by atoms with Crippen LogP contribution in [0.1, 0.15) is 25.3 Å². The molecule has 0 bridgehead atoms. The van der Waals surface area contributed by atoms with E-state index >= 15 is 0 Å². The minimum Gasteiger partial charge on any atom is -0.374 e. The second-order valence-corrected chi connectivity index (χ2v) is 5.89. The normalized spacial score (nSPS) is 20.8. The Morgan fingerprint density at radius 3 is 3.05 bits per heavy atom. The summed E-state index contributed by atoms with van der Waals surface area (Å²) in [6.07, 6.45) is 0.131. The molecule has 2 rings (SSSR count). The monoisotopic (exact) mass is 290 g/mol. The van der Waals surface area contributed by atoms with Crippen molar-refractivity contribution in [2.24, 2.45) is 10.7 Å². The lowest BCUT2D eigenvalue weighted by atomic mass is 10.0. The number of benzene rings is 1. The molecule has 1 aromatic rings. The highest BCUT2D eigenvalue weighted by atomic mass is 16.5. The first kappa shape index (κ1) is 15.8. The summed E-state index contributed by atoms with van der Waals surface area (Å²) in [5, 5.41) is 3.15. The Morgan fingerprint density at radius 1 is 1.52 bits per heavy atom. The molecule has 0 radical (unpaired) electrons. The molecule has 5 nitrogen and oxygen atoms in total. The molecule has 0 spiro atoms. The summed E-state index contributed by atoms with van der Waals surface area (Å²) in [6.45, 7) is 7.59. The van der Waals surface area contributed by atoms with Gasteiger partial charge in [-0.2, -0.15) is 0 Å². The van der Waals surface area contributed by atoms with Gasteiger partial charge in [-0.05, 0) is 30.7 Å². The zero-order valence-corrected chi connectivity index (χ0v) is 13.2. The molecule has 1 heterocycles. The maximum atomic E-state index is 5.95. The van der Waals surface area contributed by atoms with Crippen LogP contribution in [0, 0.1) is 0 Å². The molecule has 1 aliphatic heterocycles. The summed E-state index contributed by atoms with van der Waals surface area (Å²) in [7, 11) is 2.10. The second-order valence-electron chi connectivity index (χ2n) is 5.89. The van der Waals surface area contributed by atoms with Crippen molar-refractivity contribution in [3.8, 4) is 0 Å². The van der Waals surface area contributed by atoms with E-state index < -0.39 is 0 Å². The number of aliphatic imine (C=N–C) groups is 1. The summed E-state index contributed by atoms with van der Waals surface area (Å²) in [5.74, 6) is 0.934. The van der Waals surface area contributed by atoms with Crippen molar-refractivity contribution in [1.82, 2.24) is 4.90 Å². The third-order valence-corrected chi connectivity index (χ3v) is 3.63. The topological polar surface area (TPSA) is 62.9 Å². The largest absolute Gasteiger partial charge is 0.374 e. The molecule has 0 amide bonds. The Hall–Kier alpha value is -1.59. The molecule has 1 saturated heterocycles. The fourth-order valence-corrected chi connectivity index (χ4v) is 2.34. The molecule has 5 heteroatoms. The fraction of sp³-hybridized carbons (Fsp3) is 0.562. The second kappa shape index (κ2) is 7.43. The van der Waals surface area contributed by atoms with Crippen LogP contribution in [-0.4, -0.2) is 50.3 Å². The predicted octanol–water partition coefficient (Wildman–Crippen LogP) is 1.87. The lowest BCUT2D eigenvalue weighted by molar-refractivity contribution is -0.0136. The number of nitrogens with zero attached hydrogens (tertiary/aromatic N) is 2. The molecule has 1 fully saturated rings. The Balaban J connectivity index is 1.89. The minimum absolute atomic E-state index is 0.131. The third kappa shape index (κ3) is 5.02. The van der Waals surface area contributed by atoms with E-state index in [0.29, 0.717) is 18.4 Å². The average molecular weight is 290 g/mol. The van der Waals surface area contributed by atoms with Crippen LogP contribution in [0.4, 0.5) is 5.69 Å². The first-order chi connectivity index (χ1) is 10.0. The van der Waals surface area contributed by atoms with E-state index in [4.69, 9.17) is 10.5 Å². The number of hydrogen-bond acceptors (Lipinski definition) is 3. The summed E-state index contributed by atoms with van der Waals surface area (Å²) >= 11 is 0. The van der Waals surface area contributed by atoms with Gasteiger partial charge in [0, 0.05) is 18.8 Å². The molecule has 1 atom stereocenters. The van der Waals surface area contributed by atoms with Crippen molar-refractivity contribution in [1.29, 1.82) is 0 Å². The summed E-state index contributed by atoms with van der Waals surface area (Å²) < 4.78 is 5.67. The highest BCUT2D eigenvalue weighted by Crippen LogP contribution is 2.18. The van der Waals surface area contributed by atoms with E-state index in [2.05, 4.69) is 48.2 Å². The highest BCUT2D eigenvalue weighted by molar-refractivity contribution is 5.92. The number of morpholine rings is 1. The number of nitrogens with one attached hydrogen (secondary N) is 1. The standard InChI is InChI=1S/C16H26N4O/c1-12(2)13-5-4-6-14(9-13)19-16(17)18-10-15-11-20(3)7-8-21-15/h4-6,9,12,15H,7-8,10-11H2,1-3H3,(H3,17,18,19). The van der Waals surface area contributed by atoms with Crippen molar-refractivity contribution in [2.45, 2.75) is 25.9 Å². The van der Waals surface area contributed by atoms with Crippen molar-refractivity contribution in [2.75, 3.05) is 38.6 Å². The van der Waals surface area contributed by atoms with Crippen molar-refractivity contribution < 1.29 is 4.74 Å². The first-order valence-corrected chi connectivity index (χ1v) is 7.51. The van der Waals surface area contributed by atoms with Gasteiger partial charge >= 0.3 is 0 Å². The van der Waals surface area contributed by atoms with Gasteiger partial charge in [0.15, 0.2) is 5.96 Å². The first-order valence-electron chi connectivity index (χ1n) is 7.51. The Labute approximate surface area is 127 Å². The van der Waals surface area contributed by atoms with Crippen LogP contribution in [0.5, 0.6) is 0 Å². The van der Waals surface area contributed by atoms with E-state index in [1.807, 2.05) is 12.1 Å². The third-order valence-electron chi connectivity index (χ3n) is 3.63. The van der Waals surface area contributed by atoms with Gasteiger partial charge in [-0.15, -0.1) is 0 Å². The van der Waals surface area contributed by atoms with Gasteiger partial charge in [0.25, 0.3) is 0 Å². The van der Waals surface area contributed by atoms with E-state index in [1.165, 1.54) is 5.56 Å². The van der Waals surface area contributed by atoms with Crippen molar-refractivity contribution in [3.05, 3.63) is 29.8 Å². The maximum Gasteiger partial charge on any atom is 0.193 e. The average Bonchev–Trinajstić information content (AvgIpc) is 2.45. The van der Waals surface area contributed by atoms with Gasteiger partial charge in [0.2, 0.25) is 0 Å². The number of rotatable bonds is 4.